The summed E-state index contributed by atoms with van der Waals surface area (Å²) in [4.78, 5) is 6.38. The molecule has 1 aliphatic rings. The summed E-state index contributed by atoms with van der Waals surface area (Å²) in [5, 5.41) is 0. The predicted octanol–water partition coefficient (Wildman–Crippen LogP) is 6.94. The maximum Gasteiger partial charge on any atom is -0.00201 e. The average molecular weight is 460 g/mol. The third-order valence-electron chi connectivity index (χ3n) is 4.90. The van der Waals surface area contributed by atoms with Gasteiger partial charge in [0.25, 0.3) is 0 Å². The predicted molar refractivity (Wildman–Crippen MR) is 154 cm³/mol. The van der Waals surface area contributed by atoms with Gasteiger partial charge in [0.15, 0.2) is 0 Å². The van der Waals surface area contributed by atoms with Gasteiger partial charge in [-0.25, -0.2) is 0 Å². The molecule has 2 aromatic carbocycles. The molecule has 0 heterocycles. The lowest BCUT2D eigenvalue weighted by atomic mass is 9.86. The van der Waals surface area contributed by atoms with E-state index in [1.165, 1.54) is 22.3 Å². The summed E-state index contributed by atoms with van der Waals surface area (Å²) in [6.45, 7) is 17.8. The molecule has 0 bridgehead atoms. The van der Waals surface area contributed by atoms with Crippen LogP contribution in [0.15, 0.2) is 48.5 Å². The monoisotopic (exact) mass is 459 g/mol. The standard InChI is InChI=1S/C14H12.3C4H11N.2C2H6/c1-2-6-12-10-14-8-4-3-7-13(14)9-11(12)5-1;3*1-4-5(2)3;2*1-2/h1-8H,9-10H2;3*4H2,1-3H3;2*1-2H3. The van der Waals surface area contributed by atoms with Crippen molar-refractivity contribution in [1.82, 2.24) is 14.7 Å². The molecule has 2 aromatic rings. The minimum atomic E-state index is 1.10. The maximum atomic E-state index is 2.24. The Morgan fingerprint density at radius 1 is 0.455 bits per heavy atom. The van der Waals surface area contributed by atoms with Crippen LogP contribution in [0.3, 0.4) is 0 Å². The van der Waals surface area contributed by atoms with Crippen LogP contribution >= 0.6 is 0 Å². The molecule has 33 heavy (non-hydrogen) atoms. The van der Waals surface area contributed by atoms with Crippen LogP contribution in [-0.4, -0.2) is 76.6 Å². The van der Waals surface area contributed by atoms with Gasteiger partial charge in [-0.2, -0.15) is 0 Å². The van der Waals surface area contributed by atoms with E-state index in [0.717, 1.165) is 32.5 Å². The van der Waals surface area contributed by atoms with Crippen molar-refractivity contribution in [3.05, 3.63) is 70.8 Å². The molecule has 0 spiro atoms. The summed E-state index contributed by atoms with van der Waals surface area (Å²) in [5.41, 5.74) is 5.97. The Balaban J connectivity index is -0.000000401. The molecule has 192 valence electrons. The molecular formula is C30H57N3. The molecule has 0 N–H and O–H groups in total. The van der Waals surface area contributed by atoms with Crippen molar-refractivity contribution < 1.29 is 0 Å². The third kappa shape index (κ3) is 20.6. The average Bonchev–Trinajstić information content (AvgIpc) is 2.86. The summed E-state index contributed by atoms with van der Waals surface area (Å²) in [6.07, 6.45) is 2.21. The van der Waals surface area contributed by atoms with Crippen LogP contribution in [0.5, 0.6) is 0 Å². The molecule has 0 saturated carbocycles. The second kappa shape index (κ2) is 25.0. The van der Waals surface area contributed by atoms with Crippen LogP contribution < -0.4 is 0 Å². The minimum absolute atomic E-state index is 1.10. The largest absolute Gasteiger partial charge is 0.310 e. The molecular weight excluding hydrogens is 402 g/mol. The summed E-state index contributed by atoms with van der Waals surface area (Å²) < 4.78 is 0. The Kier molecular flexibility index (Phi) is 27.1. The van der Waals surface area contributed by atoms with Crippen LogP contribution in [0.25, 0.3) is 0 Å². The van der Waals surface area contributed by atoms with E-state index in [2.05, 4.69) is 126 Å². The zero-order chi connectivity index (χ0) is 26.2. The lowest BCUT2D eigenvalue weighted by molar-refractivity contribution is 0.434. The van der Waals surface area contributed by atoms with Gasteiger partial charge in [0.1, 0.15) is 0 Å². The Labute approximate surface area is 208 Å². The number of fused-ring (bicyclic) bond motifs is 2. The number of hydrogen-bond donors (Lipinski definition) is 0. The number of nitrogens with zero attached hydrogens (tertiary/aromatic N) is 3. The van der Waals surface area contributed by atoms with Gasteiger partial charge in [0.05, 0.1) is 0 Å². The van der Waals surface area contributed by atoms with Crippen LogP contribution in [0.4, 0.5) is 0 Å². The van der Waals surface area contributed by atoms with E-state index in [0.29, 0.717) is 0 Å². The first-order valence-corrected chi connectivity index (χ1v) is 12.8. The molecule has 0 unspecified atom stereocenters. The van der Waals surface area contributed by atoms with Crippen molar-refractivity contribution in [2.24, 2.45) is 0 Å². The van der Waals surface area contributed by atoms with E-state index >= 15 is 0 Å². The van der Waals surface area contributed by atoms with Gasteiger partial charge < -0.3 is 14.7 Å². The molecule has 0 radical (unpaired) electrons. The molecule has 0 aliphatic heterocycles. The first-order valence-electron chi connectivity index (χ1n) is 12.8. The van der Waals surface area contributed by atoms with E-state index in [1.807, 2.05) is 27.7 Å². The van der Waals surface area contributed by atoms with Gasteiger partial charge >= 0.3 is 0 Å². The van der Waals surface area contributed by atoms with Gasteiger partial charge in [-0.1, -0.05) is 97.0 Å². The summed E-state index contributed by atoms with van der Waals surface area (Å²) >= 11 is 0. The minimum Gasteiger partial charge on any atom is -0.310 e. The summed E-state index contributed by atoms with van der Waals surface area (Å²) in [5.74, 6) is 0. The van der Waals surface area contributed by atoms with Crippen molar-refractivity contribution >= 4 is 0 Å². The molecule has 3 nitrogen and oxygen atoms in total. The molecule has 0 aromatic heterocycles. The van der Waals surface area contributed by atoms with E-state index in [-0.39, 0.29) is 0 Å². The second-order valence-corrected chi connectivity index (χ2v) is 8.08. The van der Waals surface area contributed by atoms with Crippen molar-refractivity contribution in [3.8, 4) is 0 Å². The zero-order valence-corrected chi connectivity index (χ0v) is 24.5. The van der Waals surface area contributed by atoms with Gasteiger partial charge in [0, 0.05) is 0 Å². The van der Waals surface area contributed by atoms with E-state index in [9.17, 15) is 0 Å². The topological polar surface area (TPSA) is 9.72 Å². The number of rotatable bonds is 3. The Bertz CT molecular complexity index is 542. The van der Waals surface area contributed by atoms with Gasteiger partial charge in [-0.15, -0.1) is 0 Å². The molecule has 0 amide bonds. The highest BCUT2D eigenvalue weighted by Crippen LogP contribution is 2.26. The van der Waals surface area contributed by atoms with E-state index < -0.39 is 0 Å². The van der Waals surface area contributed by atoms with Gasteiger partial charge in [-0.3, -0.25) is 0 Å². The zero-order valence-electron chi connectivity index (χ0n) is 24.5. The number of benzene rings is 2. The van der Waals surface area contributed by atoms with Gasteiger partial charge in [0.2, 0.25) is 0 Å². The quantitative estimate of drug-likeness (QED) is 0.420. The van der Waals surface area contributed by atoms with Crippen LogP contribution in [0.1, 0.15) is 70.7 Å². The Morgan fingerprint density at radius 2 is 0.606 bits per heavy atom. The number of hydrogen-bond acceptors (Lipinski definition) is 3. The lowest BCUT2D eigenvalue weighted by Crippen LogP contribution is -2.08. The normalized spacial score (nSPS) is 10.3. The fraction of sp³-hybridized carbons (Fsp3) is 0.600. The molecule has 0 fully saturated rings. The third-order valence-corrected chi connectivity index (χ3v) is 4.90. The van der Waals surface area contributed by atoms with Gasteiger partial charge in [-0.05, 0) is 97.0 Å². The highest BCUT2D eigenvalue weighted by Gasteiger charge is 2.12. The SMILES string of the molecule is CC.CC.CCN(C)C.CCN(C)C.CCN(C)C.c1ccc2c(c1)Cc1ccccc1C2. The first kappa shape index (κ1) is 35.9. The molecule has 3 rings (SSSR count). The second-order valence-electron chi connectivity index (χ2n) is 8.08. The first-order chi connectivity index (χ1) is 15.7. The highest BCUT2D eigenvalue weighted by molar-refractivity contribution is 5.44. The lowest BCUT2D eigenvalue weighted by Gasteiger charge is -2.18. The van der Waals surface area contributed by atoms with E-state index in [4.69, 9.17) is 0 Å². The van der Waals surface area contributed by atoms with Crippen molar-refractivity contribution in [2.75, 3.05) is 61.9 Å². The highest BCUT2D eigenvalue weighted by atomic mass is 15.0. The van der Waals surface area contributed by atoms with Crippen LogP contribution in [-0.2, 0) is 12.8 Å². The molecule has 3 heteroatoms. The van der Waals surface area contributed by atoms with E-state index in [1.54, 1.807) is 0 Å². The van der Waals surface area contributed by atoms with Crippen LogP contribution in [0.2, 0.25) is 0 Å². The van der Waals surface area contributed by atoms with Crippen molar-refractivity contribution in [3.63, 3.8) is 0 Å². The Hall–Kier alpha value is -1.68. The molecule has 1 aliphatic carbocycles. The fourth-order valence-corrected chi connectivity index (χ4v) is 2.22. The summed E-state index contributed by atoms with van der Waals surface area (Å²) in [7, 11) is 12.3. The summed E-state index contributed by atoms with van der Waals surface area (Å²) in [6, 6.07) is 17.5. The molecule has 0 saturated heterocycles. The maximum absolute atomic E-state index is 2.24. The molecule has 0 atom stereocenters. The van der Waals surface area contributed by atoms with Crippen LogP contribution in [0, 0.1) is 0 Å². The van der Waals surface area contributed by atoms with Crippen molar-refractivity contribution in [1.29, 1.82) is 0 Å². The smallest absolute Gasteiger partial charge is 0.00201 e. The fourth-order valence-electron chi connectivity index (χ4n) is 2.22. The van der Waals surface area contributed by atoms with Crippen molar-refractivity contribution in [2.45, 2.75) is 61.3 Å². The Morgan fingerprint density at radius 3 is 0.727 bits per heavy atom.